The van der Waals surface area contributed by atoms with Gasteiger partial charge in [-0.1, -0.05) is 0 Å². The fourth-order valence-electron chi connectivity index (χ4n) is 4.29. The summed E-state index contributed by atoms with van der Waals surface area (Å²) in [7, 11) is 4.39. The first kappa shape index (κ1) is 30.7. The Morgan fingerprint density at radius 3 is 2.22 bits per heavy atom. The van der Waals surface area contributed by atoms with Crippen molar-refractivity contribution in [3.05, 3.63) is 48.0 Å². The summed E-state index contributed by atoms with van der Waals surface area (Å²) in [6, 6.07) is 10.7. The lowest BCUT2D eigenvalue weighted by atomic mass is 9.99. The SMILES string of the molecule is COc1ccc(C(=O)OC[C@@]2(O)CO[C@@H](OC[C@@H]3O[C@H](Oc4ccc(OC)c(OC)c4)[C@H](O)[C@@H](O)[C@@H]3O)[C@@H]2O)cc1. The van der Waals surface area contributed by atoms with Gasteiger partial charge in [0.2, 0.25) is 6.29 Å². The molecule has 8 atom stereocenters. The first-order chi connectivity index (χ1) is 19.6. The van der Waals surface area contributed by atoms with Gasteiger partial charge in [0.05, 0.1) is 40.1 Å². The number of carbonyl (C=O) groups is 1. The maximum absolute atomic E-state index is 12.3. The van der Waals surface area contributed by atoms with Crippen LogP contribution in [0.2, 0.25) is 0 Å². The predicted octanol–water partition coefficient (Wildman–Crippen LogP) is -0.779. The summed E-state index contributed by atoms with van der Waals surface area (Å²) in [5.41, 5.74) is -1.77. The fraction of sp³-hybridized carbons (Fsp3) is 0.519. The summed E-state index contributed by atoms with van der Waals surface area (Å²) in [5, 5.41) is 52.7. The first-order valence-electron chi connectivity index (χ1n) is 12.6. The zero-order valence-corrected chi connectivity index (χ0v) is 22.6. The third kappa shape index (κ3) is 6.82. The molecule has 2 aromatic carbocycles. The summed E-state index contributed by atoms with van der Waals surface area (Å²) in [6.45, 7) is -1.44. The quantitative estimate of drug-likeness (QED) is 0.207. The van der Waals surface area contributed by atoms with E-state index in [9.17, 15) is 30.3 Å². The van der Waals surface area contributed by atoms with Crippen LogP contribution in [0.3, 0.4) is 0 Å². The lowest BCUT2D eigenvalue weighted by molar-refractivity contribution is -0.289. The van der Waals surface area contributed by atoms with Gasteiger partial charge in [0.1, 0.15) is 48.6 Å². The topological polar surface area (TPSA) is 192 Å². The molecular weight excluding hydrogens is 548 g/mol. The average molecular weight is 583 g/mol. The summed E-state index contributed by atoms with van der Waals surface area (Å²) < 4.78 is 42.8. The van der Waals surface area contributed by atoms with E-state index >= 15 is 0 Å². The van der Waals surface area contributed by atoms with Crippen molar-refractivity contribution in [1.82, 2.24) is 0 Å². The van der Waals surface area contributed by atoms with Gasteiger partial charge in [0.15, 0.2) is 23.4 Å². The van der Waals surface area contributed by atoms with Crippen molar-refractivity contribution in [2.75, 3.05) is 41.2 Å². The van der Waals surface area contributed by atoms with E-state index in [1.165, 1.54) is 45.6 Å². The first-order valence-corrected chi connectivity index (χ1v) is 12.6. The molecule has 0 saturated carbocycles. The Balaban J connectivity index is 1.33. The Labute approximate surface area is 235 Å². The van der Waals surface area contributed by atoms with Crippen LogP contribution in [-0.2, 0) is 18.9 Å². The van der Waals surface area contributed by atoms with Gasteiger partial charge in [-0.15, -0.1) is 0 Å². The average Bonchev–Trinajstić information content (AvgIpc) is 3.28. The normalized spacial score (nSPS) is 31.4. The Morgan fingerprint density at radius 2 is 1.56 bits per heavy atom. The second kappa shape index (κ2) is 13.2. The Morgan fingerprint density at radius 1 is 0.878 bits per heavy atom. The van der Waals surface area contributed by atoms with Crippen molar-refractivity contribution in [2.45, 2.75) is 48.7 Å². The molecule has 14 heteroatoms. The zero-order valence-electron chi connectivity index (χ0n) is 22.6. The number of carbonyl (C=O) groups excluding carboxylic acids is 1. The van der Waals surface area contributed by atoms with E-state index in [1.807, 2.05) is 0 Å². The third-order valence-electron chi connectivity index (χ3n) is 6.79. The van der Waals surface area contributed by atoms with Crippen molar-refractivity contribution >= 4 is 5.97 Å². The molecule has 2 fully saturated rings. The summed E-state index contributed by atoms with van der Waals surface area (Å²) >= 11 is 0. The molecule has 4 rings (SSSR count). The summed E-state index contributed by atoms with van der Waals surface area (Å²) in [5.74, 6) is 0.832. The van der Waals surface area contributed by atoms with Crippen molar-refractivity contribution < 1.29 is 68.2 Å². The number of esters is 1. The van der Waals surface area contributed by atoms with Crippen LogP contribution in [0.5, 0.6) is 23.0 Å². The molecule has 2 aliphatic heterocycles. The van der Waals surface area contributed by atoms with E-state index in [2.05, 4.69) is 0 Å². The highest BCUT2D eigenvalue weighted by Gasteiger charge is 2.51. The molecule has 226 valence electrons. The highest BCUT2D eigenvalue weighted by atomic mass is 16.7. The minimum Gasteiger partial charge on any atom is -0.497 e. The second-order valence-electron chi connectivity index (χ2n) is 9.52. The lowest BCUT2D eigenvalue weighted by Gasteiger charge is -2.40. The molecule has 0 amide bonds. The van der Waals surface area contributed by atoms with Gasteiger partial charge >= 0.3 is 5.97 Å². The Kier molecular flexibility index (Phi) is 9.88. The molecule has 2 heterocycles. The third-order valence-corrected chi connectivity index (χ3v) is 6.79. The van der Waals surface area contributed by atoms with E-state index in [4.69, 9.17) is 37.9 Å². The van der Waals surface area contributed by atoms with Crippen LogP contribution in [0.4, 0.5) is 0 Å². The molecule has 14 nitrogen and oxygen atoms in total. The van der Waals surface area contributed by atoms with E-state index in [-0.39, 0.29) is 11.3 Å². The maximum Gasteiger partial charge on any atom is 0.338 e. The highest BCUT2D eigenvalue weighted by molar-refractivity contribution is 5.89. The Bertz CT molecular complexity index is 1160. The van der Waals surface area contributed by atoms with Crippen molar-refractivity contribution in [1.29, 1.82) is 0 Å². The van der Waals surface area contributed by atoms with Crippen LogP contribution in [0.1, 0.15) is 10.4 Å². The van der Waals surface area contributed by atoms with E-state index in [0.29, 0.717) is 17.2 Å². The van der Waals surface area contributed by atoms with E-state index < -0.39 is 74.5 Å². The Hall–Kier alpha value is -3.21. The van der Waals surface area contributed by atoms with Gasteiger partial charge in [0.25, 0.3) is 0 Å². The van der Waals surface area contributed by atoms with Gasteiger partial charge in [-0.05, 0) is 36.4 Å². The monoisotopic (exact) mass is 582 g/mol. The molecule has 0 bridgehead atoms. The van der Waals surface area contributed by atoms with Gasteiger partial charge in [-0.2, -0.15) is 0 Å². The van der Waals surface area contributed by atoms with E-state index in [1.54, 1.807) is 18.2 Å². The molecule has 0 unspecified atom stereocenters. The van der Waals surface area contributed by atoms with Gasteiger partial charge in [0, 0.05) is 6.07 Å². The number of hydrogen-bond acceptors (Lipinski definition) is 14. The predicted molar refractivity (Wildman–Crippen MR) is 137 cm³/mol. The molecule has 41 heavy (non-hydrogen) atoms. The number of aliphatic hydroxyl groups excluding tert-OH is 4. The van der Waals surface area contributed by atoms with Crippen LogP contribution < -0.4 is 18.9 Å². The van der Waals surface area contributed by atoms with Crippen LogP contribution >= 0.6 is 0 Å². The number of methoxy groups -OCH3 is 3. The molecule has 2 saturated heterocycles. The van der Waals surface area contributed by atoms with Crippen LogP contribution in [0.25, 0.3) is 0 Å². The summed E-state index contributed by atoms with van der Waals surface area (Å²) in [4.78, 5) is 12.3. The molecule has 0 radical (unpaired) electrons. The number of benzene rings is 2. The minimum atomic E-state index is -1.98. The van der Waals surface area contributed by atoms with Gasteiger partial charge < -0.3 is 63.4 Å². The molecular formula is C27H34O14. The van der Waals surface area contributed by atoms with Crippen molar-refractivity contribution in [3.8, 4) is 23.0 Å². The van der Waals surface area contributed by atoms with Gasteiger partial charge in [-0.25, -0.2) is 4.79 Å². The fourth-order valence-corrected chi connectivity index (χ4v) is 4.29. The maximum atomic E-state index is 12.3. The van der Waals surface area contributed by atoms with Crippen molar-refractivity contribution in [3.63, 3.8) is 0 Å². The number of rotatable bonds is 11. The number of ether oxygens (including phenoxy) is 8. The molecule has 0 aromatic heterocycles. The lowest BCUT2D eigenvalue weighted by Crippen LogP contribution is -2.60. The molecule has 0 aliphatic carbocycles. The number of aliphatic hydroxyl groups is 5. The molecule has 5 N–H and O–H groups in total. The molecule has 0 spiro atoms. The summed E-state index contributed by atoms with van der Waals surface area (Å²) in [6.07, 6.45) is -10.5. The zero-order chi connectivity index (χ0) is 29.7. The van der Waals surface area contributed by atoms with Crippen LogP contribution in [0.15, 0.2) is 42.5 Å². The van der Waals surface area contributed by atoms with Crippen molar-refractivity contribution in [2.24, 2.45) is 0 Å². The van der Waals surface area contributed by atoms with Crippen LogP contribution in [0, 0.1) is 0 Å². The minimum absolute atomic E-state index is 0.213. The van der Waals surface area contributed by atoms with E-state index in [0.717, 1.165) is 0 Å². The second-order valence-corrected chi connectivity index (χ2v) is 9.52. The highest BCUT2D eigenvalue weighted by Crippen LogP contribution is 2.33. The molecule has 2 aliphatic rings. The molecule has 2 aromatic rings. The smallest absolute Gasteiger partial charge is 0.338 e. The standard InChI is InChI=1S/C27H34O14/c1-34-15-6-4-14(5-7-15)24(32)38-12-27(33)13-39-26(23(27)31)37-11-19-20(28)21(29)22(30)25(41-19)40-16-8-9-17(35-2)18(10-16)36-3/h4-10,19-23,25-26,28-31,33H,11-13H2,1-3H3/t19-,20+,21-,22+,23-,25-,26+,27+/m0/s1. The number of hydrogen-bond donors (Lipinski definition) is 5. The van der Waals surface area contributed by atoms with Crippen LogP contribution in [-0.4, -0.2) is 121 Å². The largest absolute Gasteiger partial charge is 0.497 e. The van der Waals surface area contributed by atoms with Gasteiger partial charge in [-0.3, -0.25) is 0 Å².